The van der Waals surface area contributed by atoms with Gasteiger partial charge in [-0.25, -0.2) is 0 Å². The predicted molar refractivity (Wildman–Crippen MR) is 257 cm³/mol. The molecule has 61 heavy (non-hydrogen) atoms. The summed E-state index contributed by atoms with van der Waals surface area (Å²) in [6, 6.07) is 26.0. The molecule has 10 aromatic carbocycles. The van der Waals surface area contributed by atoms with Gasteiger partial charge in [0.05, 0.1) is 45.4 Å². The Morgan fingerprint density at radius 3 is 1.61 bits per heavy atom. The van der Waals surface area contributed by atoms with E-state index >= 15 is 0 Å². The van der Waals surface area contributed by atoms with Crippen molar-refractivity contribution in [3.8, 4) is 39.1 Å². The molecule has 0 saturated heterocycles. The van der Waals surface area contributed by atoms with Crippen LogP contribution in [-0.2, 0) is 0 Å². The first kappa shape index (κ1) is 21.7. The molecule has 0 fully saturated rings. The van der Waals surface area contributed by atoms with Crippen molar-refractivity contribution in [1.82, 2.24) is 4.57 Å². The highest BCUT2D eigenvalue weighted by molar-refractivity contribution is 6.19. The highest BCUT2D eigenvalue weighted by Gasteiger charge is 2.21. The van der Waals surface area contributed by atoms with Gasteiger partial charge >= 0.3 is 0 Å². The number of anilines is 3. The smallest absolute Gasteiger partial charge is 0.143 e. The van der Waals surface area contributed by atoms with Crippen LogP contribution in [0.4, 0.5) is 17.1 Å². The Morgan fingerprint density at radius 1 is 0.410 bits per heavy atom. The molecule has 286 valence electrons. The van der Waals surface area contributed by atoms with Crippen LogP contribution in [0.25, 0.3) is 93.6 Å². The van der Waals surface area contributed by atoms with Gasteiger partial charge in [-0.15, -0.1) is 0 Å². The number of furan rings is 1. The number of rotatable bonds is 7. The second kappa shape index (κ2) is 14.3. The van der Waals surface area contributed by atoms with Crippen LogP contribution >= 0.6 is 0 Å². The molecule has 0 aliphatic rings. The zero-order chi connectivity index (χ0) is 55.1. The van der Waals surface area contributed by atoms with E-state index in [1.54, 1.807) is 36.4 Å². The van der Waals surface area contributed by atoms with E-state index in [0.717, 1.165) is 37.5 Å². The fraction of sp³-hybridized carbons (Fsp3) is 0. The molecule has 3 nitrogen and oxygen atoms in total. The largest absolute Gasteiger partial charge is 0.455 e. The van der Waals surface area contributed by atoms with Crippen molar-refractivity contribution in [2.75, 3.05) is 4.90 Å². The maximum absolute atomic E-state index is 9.86. The number of aromatic nitrogens is 1. The monoisotopic (exact) mass is 795 g/mol. The van der Waals surface area contributed by atoms with Crippen LogP contribution in [0.3, 0.4) is 0 Å². The van der Waals surface area contributed by atoms with Gasteiger partial charge in [-0.3, -0.25) is 0 Å². The molecular weight excluding hydrogens is 741 g/mol. The summed E-state index contributed by atoms with van der Waals surface area (Å²) in [6.45, 7) is 0. The molecule has 0 aliphatic heterocycles. The summed E-state index contributed by atoms with van der Waals surface area (Å²) >= 11 is 0. The molecule has 0 atom stereocenters. The highest BCUT2D eigenvalue weighted by atomic mass is 16.3. The Morgan fingerprint density at radius 2 is 0.951 bits per heavy atom. The molecule has 0 bridgehead atoms. The molecule has 0 radical (unpaired) electrons. The average Bonchev–Trinajstić information content (AvgIpc) is 4.09. The van der Waals surface area contributed by atoms with Crippen molar-refractivity contribution in [1.29, 1.82) is 0 Å². The second-order valence-electron chi connectivity index (χ2n) is 14.4. The summed E-state index contributed by atoms with van der Waals surface area (Å²) in [6.07, 6.45) is 0. The van der Waals surface area contributed by atoms with Crippen LogP contribution in [0.15, 0.2) is 235 Å². The lowest BCUT2D eigenvalue weighted by molar-refractivity contribution is 0.672. The summed E-state index contributed by atoms with van der Waals surface area (Å²) in [7, 11) is 0. The summed E-state index contributed by atoms with van der Waals surface area (Å²) < 4.78 is 164. The number of hydrogen-bond acceptors (Lipinski definition) is 2. The summed E-state index contributed by atoms with van der Waals surface area (Å²) in [5.74, 6) is 0. The lowest BCUT2D eigenvalue weighted by Crippen LogP contribution is -2.10. The third-order valence-electron chi connectivity index (χ3n) is 10.9. The van der Waals surface area contributed by atoms with Gasteiger partial charge in [0.2, 0.25) is 0 Å². The zero-order valence-corrected chi connectivity index (χ0v) is 31.9. The number of hydrogen-bond donors (Lipinski definition) is 0. The average molecular weight is 796 g/mol. The minimum atomic E-state index is -0.887. The summed E-state index contributed by atoms with van der Waals surface area (Å²) in [4.78, 5) is 1.15. The predicted octanol–water partition coefficient (Wildman–Crippen LogP) is 16.3. The third-order valence-corrected chi connectivity index (χ3v) is 10.9. The number of nitrogens with zero attached hydrogens (tertiary/aromatic N) is 2. The minimum absolute atomic E-state index is 0.0555. The van der Waals surface area contributed by atoms with E-state index in [0.29, 0.717) is 33.2 Å². The lowest BCUT2D eigenvalue weighted by Gasteiger charge is -2.26. The van der Waals surface area contributed by atoms with Crippen LogP contribution in [0.2, 0.25) is 0 Å². The quantitative estimate of drug-likeness (QED) is 0.160. The van der Waals surface area contributed by atoms with Gasteiger partial charge in [-0.2, -0.15) is 0 Å². The van der Waals surface area contributed by atoms with Crippen molar-refractivity contribution in [2.24, 2.45) is 0 Å². The lowest BCUT2D eigenvalue weighted by atomic mass is 9.99. The molecule has 12 rings (SSSR count). The van der Waals surface area contributed by atoms with E-state index < -0.39 is 136 Å². The Bertz CT molecular complexity index is 4450. The van der Waals surface area contributed by atoms with Crippen molar-refractivity contribution in [2.45, 2.75) is 0 Å². The number of para-hydroxylation sites is 2. The van der Waals surface area contributed by atoms with E-state index in [1.165, 1.54) is 0 Å². The highest BCUT2D eigenvalue weighted by Crippen LogP contribution is 2.45. The van der Waals surface area contributed by atoms with E-state index in [9.17, 15) is 13.7 Å². The molecule has 2 heterocycles. The van der Waals surface area contributed by atoms with Crippen LogP contribution in [-0.4, -0.2) is 4.57 Å². The maximum atomic E-state index is 9.86. The third kappa shape index (κ3) is 5.90. The molecule has 0 spiro atoms. The maximum Gasteiger partial charge on any atom is 0.143 e. The standard InChI is InChI=1S/C58H38N2O/c1-2-12-39(13-3-1)40-24-26-41(27-25-40)42-28-33-46(34-29-42)59(55-22-11-23-56-57(55)52-37-32-44-14-4-5-17-49(44)58(52)61-56)47-35-30-43(31-36-47)45-15-10-16-48(38-45)60-53-20-8-6-18-50(53)51-19-7-9-21-54(51)60/h1-38H/i1D,2D,3D,12D,13D,24D,25D,26D,27D,28D,29D,30D,31D,33D,34D,35D,36D. The van der Waals surface area contributed by atoms with Crippen LogP contribution in [0.5, 0.6) is 0 Å². The van der Waals surface area contributed by atoms with Gasteiger partial charge < -0.3 is 13.9 Å². The van der Waals surface area contributed by atoms with Gasteiger partial charge in [-0.1, -0.05) is 163 Å². The first-order valence-electron chi connectivity index (χ1n) is 28.0. The van der Waals surface area contributed by atoms with E-state index in [-0.39, 0.29) is 11.3 Å². The molecule has 2 aromatic heterocycles. The summed E-state index contributed by atoms with van der Waals surface area (Å²) in [5.41, 5.74) is 0.0498. The summed E-state index contributed by atoms with van der Waals surface area (Å²) in [5, 5.41) is 4.51. The molecule has 0 amide bonds. The molecule has 0 saturated carbocycles. The Hall–Kier alpha value is -8.14. The topological polar surface area (TPSA) is 21.3 Å². The van der Waals surface area contributed by atoms with Crippen molar-refractivity contribution in [3.63, 3.8) is 0 Å². The Balaban J connectivity index is 1.11. The SMILES string of the molecule is [2H]c1c([2H])c([2H])c(-c2c([2H])c([2H])c(-c3c([2H])c([2H])c(N(c4c([2H])c([2H])c(-c5cccc(-n6c7ccccc7c7ccccc76)c5)c([2H])c4[2H])c4cccc5oc6c7ccccc7ccc6c45)c([2H])c3[2H])c([2H])c2[2H])c([2H])c1[2H]. The van der Waals surface area contributed by atoms with Gasteiger partial charge in [0.25, 0.3) is 0 Å². The van der Waals surface area contributed by atoms with Gasteiger partial charge in [0, 0.05) is 38.6 Å². The first-order chi connectivity index (χ1) is 37.3. The van der Waals surface area contributed by atoms with Crippen LogP contribution in [0, 0.1) is 0 Å². The molecule has 0 aliphatic carbocycles. The van der Waals surface area contributed by atoms with Crippen LogP contribution in [0.1, 0.15) is 23.3 Å². The van der Waals surface area contributed by atoms with Gasteiger partial charge in [0.15, 0.2) is 0 Å². The van der Waals surface area contributed by atoms with Crippen molar-refractivity contribution >= 4 is 71.6 Å². The van der Waals surface area contributed by atoms with Gasteiger partial charge in [0.1, 0.15) is 11.2 Å². The minimum Gasteiger partial charge on any atom is -0.455 e. The van der Waals surface area contributed by atoms with Crippen LogP contribution < -0.4 is 4.90 Å². The molecule has 12 aromatic rings. The van der Waals surface area contributed by atoms with E-state index in [2.05, 4.69) is 4.57 Å². The fourth-order valence-electron chi connectivity index (χ4n) is 8.12. The molecular formula is C58H38N2O. The molecule has 3 heteroatoms. The Kier molecular flexibility index (Phi) is 5.10. The second-order valence-corrected chi connectivity index (χ2v) is 14.4. The first-order valence-corrected chi connectivity index (χ1v) is 19.5. The number of benzene rings is 10. The van der Waals surface area contributed by atoms with E-state index in [1.807, 2.05) is 91.0 Å². The van der Waals surface area contributed by atoms with Gasteiger partial charge in [-0.05, 0) is 105 Å². The van der Waals surface area contributed by atoms with Crippen molar-refractivity contribution in [3.05, 3.63) is 230 Å². The molecule has 0 unspecified atom stereocenters. The normalized spacial score (nSPS) is 15.5. The fourth-order valence-corrected chi connectivity index (χ4v) is 8.12. The number of fused-ring (bicyclic) bond motifs is 8. The Labute approximate surface area is 377 Å². The van der Waals surface area contributed by atoms with E-state index in [4.69, 9.17) is 14.0 Å². The molecule has 0 N–H and O–H groups in total. The van der Waals surface area contributed by atoms with Crippen molar-refractivity contribution < 1.29 is 27.7 Å². The zero-order valence-electron chi connectivity index (χ0n) is 48.9.